The van der Waals surface area contributed by atoms with Crippen molar-refractivity contribution in [3.63, 3.8) is 0 Å². The molecule has 0 bridgehead atoms. The summed E-state index contributed by atoms with van der Waals surface area (Å²) in [7, 11) is 0. The van der Waals surface area contributed by atoms with E-state index in [1.807, 2.05) is 6.92 Å². The lowest BCUT2D eigenvalue weighted by atomic mass is 10.1. The van der Waals surface area contributed by atoms with Gasteiger partial charge in [-0.05, 0) is 19.4 Å². The first kappa shape index (κ1) is 14.2. The van der Waals surface area contributed by atoms with Crippen LogP contribution in [0.25, 0.3) is 0 Å². The molecule has 1 aromatic rings. The van der Waals surface area contributed by atoms with E-state index in [1.165, 1.54) is 12.1 Å². The second-order valence-electron chi connectivity index (χ2n) is 4.05. The lowest BCUT2D eigenvalue weighted by molar-refractivity contribution is -0.384. The summed E-state index contributed by atoms with van der Waals surface area (Å²) in [6, 6.07) is 4.43. The van der Waals surface area contributed by atoms with Crippen molar-refractivity contribution in [1.29, 1.82) is 0 Å². The van der Waals surface area contributed by atoms with Gasteiger partial charge in [-0.2, -0.15) is 0 Å². The molecule has 0 amide bonds. The summed E-state index contributed by atoms with van der Waals surface area (Å²) in [6.07, 6.45) is 2.78. The van der Waals surface area contributed by atoms with Gasteiger partial charge in [-0.3, -0.25) is 14.9 Å². The van der Waals surface area contributed by atoms with E-state index in [0.29, 0.717) is 11.8 Å². The molecule has 1 aromatic carbocycles. The monoisotopic (exact) mass is 250 g/mol. The fraction of sp³-hybridized carbons (Fsp3) is 0.462. The van der Waals surface area contributed by atoms with Gasteiger partial charge in [-0.25, -0.2) is 0 Å². The molecule has 0 N–H and O–H groups in total. The van der Waals surface area contributed by atoms with Gasteiger partial charge in [0.1, 0.15) is 0 Å². The zero-order chi connectivity index (χ0) is 13.5. The number of hydrogen-bond donors (Lipinski definition) is 0. The van der Waals surface area contributed by atoms with Gasteiger partial charge in [0.15, 0.2) is 6.29 Å². The summed E-state index contributed by atoms with van der Waals surface area (Å²) in [5.74, 6) is 0. The van der Waals surface area contributed by atoms with Crippen molar-refractivity contribution >= 4 is 17.7 Å². The Bertz CT molecular complexity index is 432. The van der Waals surface area contributed by atoms with Crippen LogP contribution in [0.3, 0.4) is 0 Å². The van der Waals surface area contributed by atoms with Crippen LogP contribution >= 0.6 is 0 Å². The maximum absolute atomic E-state index is 11.0. The highest BCUT2D eigenvalue weighted by atomic mass is 16.6. The van der Waals surface area contributed by atoms with Gasteiger partial charge in [-0.15, -0.1) is 0 Å². The summed E-state index contributed by atoms with van der Waals surface area (Å²) < 4.78 is 0. The largest absolute Gasteiger partial charge is 0.371 e. The second-order valence-corrected chi connectivity index (χ2v) is 4.05. The van der Waals surface area contributed by atoms with E-state index < -0.39 is 4.92 Å². The van der Waals surface area contributed by atoms with Crippen molar-refractivity contribution in [3.8, 4) is 0 Å². The summed E-state index contributed by atoms with van der Waals surface area (Å²) in [6.45, 7) is 5.74. The molecule has 0 spiro atoms. The van der Waals surface area contributed by atoms with Gasteiger partial charge in [-0.1, -0.05) is 13.3 Å². The van der Waals surface area contributed by atoms with E-state index in [2.05, 4.69) is 11.8 Å². The van der Waals surface area contributed by atoms with Crippen molar-refractivity contribution in [3.05, 3.63) is 33.9 Å². The minimum atomic E-state index is -0.487. The molecule has 0 atom stereocenters. The quantitative estimate of drug-likeness (QED) is 0.424. The molecule has 0 aliphatic heterocycles. The van der Waals surface area contributed by atoms with Crippen molar-refractivity contribution in [1.82, 2.24) is 0 Å². The highest BCUT2D eigenvalue weighted by Crippen LogP contribution is 2.24. The molecule has 0 aromatic heterocycles. The van der Waals surface area contributed by atoms with Crippen molar-refractivity contribution in [2.75, 3.05) is 18.0 Å². The molecule has 1 rings (SSSR count). The first-order valence-corrected chi connectivity index (χ1v) is 6.12. The first-order chi connectivity index (χ1) is 8.63. The van der Waals surface area contributed by atoms with E-state index in [1.54, 1.807) is 6.07 Å². The Labute approximate surface area is 107 Å². The number of carbonyl (C=O) groups excluding carboxylic acids is 1. The number of carbonyl (C=O) groups is 1. The van der Waals surface area contributed by atoms with Gasteiger partial charge in [0.05, 0.1) is 4.92 Å². The molecule has 18 heavy (non-hydrogen) atoms. The molecule has 0 heterocycles. The van der Waals surface area contributed by atoms with E-state index in [0.717, 1.165) is 31.6 Å². The average Bonchev–Trinajstić information content (AvgIpc) is 2.39. The average molecular weight is 250 g/mol. The fourth-order valence-corrected chi connectivity index (χ4v) is 1.84. The van der Waals surface area contributed by atoms with Crippen LogP contribution in [0.1, 0.15) is 37.0 Å². The summed E-state index contributed by atoms with van der Waals surface area (Å²) in [5, 5.41) is 10.7. The normalized spacial score (nSPS) is 10.1. The summed E-state index contributed by atoms with van der Waals surface area (Å²) in [5.41, 5.74) is 1.10. The van der Waals surface area contributed by atoms with Crippen LogP contribution < -0.4 is 4.90 Å². The van der Waals surface area contributed by atoms with Crippen molar-refractivity contribution in [2.45, 2.75) is 26.7 Å². The second kappa shape index (κ2) is 6.74. The Morgan fingerprint density at radius 3 is 2.61 bits per heavy atom. The maximum Gasteiger partial charge on any atom is 0.270 e. The Morgan fingerprint density at radius 2 is 2.11 bits per heavy atom. The number of benzene rings is 1. The SMILES string of the molecule is CCCCN(CC)c1ccc([N+](=O)[O-])cc1C=O. The van der Waals surface area contributed by atoms with Crippen molar-refractivity contribution in [2.24, 2.45) is 0 Å². The fourth-order valence-electron chi connectivity index (χ4n) is 1.84. The standard InChI is InChI=1S/C13H18N2O3/c1-3-5-8-14(4-2)13-7-6-12(15(17)18)9-11(13)10-16/h6-7,9-10H,3-5,8H2,1-2H3. The Morgan fingerprint density at radius 1 is 1.39 bits per heavy atom. The molecular formula is C13H18N2O3. The molecule has 0 aliphatic carbocycles. The Kier molecular flexibility index (Phi) is 5.30. The first-order valence-electron chi connectivity index (χ1n) is 6.12. The number of anilines is 1. The number of aldehydes is 1. The third-order valence-electron chi connectivity index (χ3n) is 2.85. The smallest absolute Gasteiger partial charge is 0.270 e. The summed E-state index contributed by atoms with van der Waals surface area (Å²) in [4.78, 5) is 23.3. The number of rotatable bonds is 7. The lowest BCUT2D eigenvalue weighted by Crippen LogP contribution is -2.25. The minimum absolute atomic E-state index is 0.0487. The van der Waals surface area contributed by atoms with Crippen LogP contribution in [0, 0.1) is 10.1 Å². The molecule has 0 saturated heterocycles. The van der Waals surface area contributed by atoms with E-state index >= 15 is 0 Å². The van der Waals surface area contributed by atoms with Crippen LogP contribution in [0.2, 0.25) is 0 Å². The molecule has 5 heteroatoms. The van der Waals surface area contributed by atoms with Crippen LogP contribution in [0.15, 0.2) is 18.2 Å². The molecule has 0 aliphatic rings. The van der Waals surface area contributed by atoms with E-state index in [-0.39, 0.29) is 5.69 Å². The van der Waals surface area contributed by atoms with Crippen LogP contribution in [0.5, 0.6) is 0 Å². The maximum atomic E-state index is 11.0. The lowest BCUT2D eigenvalue weighted by Gasteiger charge is -2.24. The number of non-ortho nitro benzene ring substituents is 1. The predicted molar refractivity (Wildman–Crippen MR) is 71.3 cm³/mol. The molecule has 98 valence electrons. The van der Waals surface area contributed by atoms with Crippen LogP contribution in [-0.4, -0.2) is 24.3 Å². The molecule has 0 unspecified atom stereocenters. The summed E-state index contributed by atoms with van der Waals surface area (Å²) >= 11 is 0. The third-order valence-corrected chi connectivity index (χ3v) is 2.85. The van der Waals surface area contributed by atoms with Crippen LogP contribution in [0.4, 0.5) is 11.4 Å². The highest BCUT2D eigenvalue weighted by Gasteiger charge is 2.14. The van der Waals surface area contributed by atoms with Gasteiger partial charge in [0.25, 0.3) is 5.69 Å². The van der Waals surface area contributed by atoms with Crippen LogP contribution in [-0.2, 0) is 0 Å². The number of nitrogens with zero attached hydrogens (tertiary/aromatic N) is 2. The van der Waals surface area contributed by atoms with Gasteiger partial charge < -0.3 is 4.90 Å². The van der Waals surface area contributed by atoms with Gasteiger partial charge in [0.2, 0.25) is 0 Å². The zero-order valence-electron chi connectivity index (χ0n) is 10.8. The molecular weight excluding hydrogens is 232 g/mol. The minimum Gasteiger partial charge on any atom is -0.371 e. The predicted octanol–water partition coefficient (Wildman–Crippen LogP) is 3.03. The Hall–Kier alpha value is -1.91. The number of nitro groups is 1. The topological polar surface area (TPSA) is 63.4 Å². The zero-order valence-corrected chi connectivity index (χ0v) is 10.8. The highest BCUT2D eigenvalue weighted by molar-refractivity contribution is 5.85. The molecule has 5 nitrogen and oxygen atoms in total. The third kappa shape index (κ3) is 3.29. The number of nitro benzene ring substituents is 1. The van der Waals surface area contributed by atoms with Gasteiger partial charge >= 0.3 is 0 Å². The molecule has 0 saturated carbocycles. The van der Waals surface area contributed by atoms with E-state index in [9.17, 15) is 14.9 Å². The molecule has 0 fully saturated rings. The van der Waals surface area contributed by atoms with Crippen molar-refractivity contribution < 1.29 is 9.72 Å². The van der Waals surface area contributed by atoms with Gasteiger partial charge in [0, 0.05) is 36.5 Å². The van der Waals surface area contributed by atoms with E-state index in [4.69, 9.17) is 0 Å². The Balaban J connectivity index is 3.06. The molecule has 0 radical (unpaired) electrons. The number of unbranched alkanes of at least 4 members (excludes halogenated alkanes) is 1. The number of hydrogen-bond acceptors (Lipinski definition) is 4.